The van der Waals surface area contributed by atoms with E-state index in [1.54, 1.807) is 0 Å². The summed E-state index contributed by atoms with van der Waals surface area (Å²) in [7, 11) is 0. The van der Waals surface area contributed by atoms with Gasteiger partial charge in [-0.3, -0.25) is 10.6 Å². The standard InChI is InChI=1S/C15H21N3O2/c16-17-12-7-5-11(6-8-12)15(19)18-9-10-20-14-4-2-1-3-13(14)18/h5-8,13-14,17H,1-4,9-10,16H2. The topological polar surface area (TPSA) is 67.6 Å². The molecule has 1 heterocycles. The largest absolute Gasteiger partial charge is 0.374 e. The molecule has 0 radical (unpaired) electrons. The first-order valence-corrected chi connectivity index (χ1v) is 7.29. The van der Waals surface area contributed by atoms with E-state index in [1.807, 2.05) is 29.2 Å². The van der Waals surface area contributed by atoms with Crippen LogP contribution < -0.4 is 11.3 Å². The van der Waals surface area contributed by atoms with Crippen molar-refractivity contribution in [1.82, 2.24) is 4.90 Å². The first kappa shape index (κ1) is 13.4. The third-order valence-electron chi connectivity index (χ3n) is 4.29. The SMILES string of the molecule is NNc1ccc(C(=O)N2CCOC3CCCCC32)cc1. The van der Waals surface area contributed by atoms with E-state index in [1.165, 1.54) is 12.8 Å². The summed E-state index contributed by atoms with van der Waals surface area (Å²) in [4.78, 5) is 14.7. The highest BCUT2D eigenvalue weighted by molar-refractivity contribution is 5.94. The van der Waals surface area contributed by atoms with Gasteiger partial charge in [0.1, 0.15) is 0 Å². The maximum atomic E-state index is 12.7. The number of nitrogens with zero attached hydrogens (tertiary/aromatic N) is 1. The maximum absolute atomic E-state index is 12.7. The number of fused-ring (bicyclic) bond motifs is 1. The molecule has 2 atom stereocenters. The van der Waals surface area contributed by atoms with Crippen molar-refractivity contribution in [2.24, 2.45) is 5.84 Å². The molecule has 3 rings (SSSR count). The quantitative estimate of drug-likeness (QED) is 0.637. The fraction of sp³-hybridized carbons (Fsp3) is 0.533. The second-order valence-corrected chi connectivity index (χ2v) is 5.48. The molecule has 1 amide bonds. The van der Waals surface area contributed by atoms with E-state index >= 15 is 0 Å². The fourth-order valence-electron chi connectivity index (χ4n) is 3.22. The molecule has 1 aliphatic heterocycles. The average Bonchev–Trinajstić information content (AvgIpc) is 2.54. The van der Waals surface area contributed by atoms with Crippen LogP contribution in [-0.2, 0) is 4.74 Å². The summed E-state index contributed by atoms with van der Waals surface area (Å²) in [6, 6.07) is 7.55. The predicted octanol–water partition coefficient (Wildman–Crippen LogP) is 1.76. The number of morpholine rings is 1. The average molecular weight is 275 g/mol. The van der Waals surface area contributed by atoms with E-state index in [2.05, 4.69) is 5.43 Å². The van der Waals surface area contributed by atoms with Crippen molar-refractivity contribution in [2.75, 3.05) is 18.6 Å². The van der Waals surface area contributed by atoms with Crippen LogP contribution in [-0.4, -0.2) is 36.1 Å². The monoisotopic (exact) mass is 275 g/mol. The van der Waals surface area contributed by atoms with Crippen molar-refractivity contribution in [3.63, 3.8) is 0 Å². The van der Waals surface area contributed by atoms with Gasteiger partial charge in [-0.2, -0.15) is 0 Å². The number of anilines is 1. The maximum Gasteiger partial charge on any atom is 0.254 e. The molecule has 20 heavy (non-hydrogen) atoms. The summed E-state index contributed by atoms with van der Waals surface area (Å²) in [5, 5.41) is 0. The van der Waals surface area contributed by atoms with Crippen LogP contribution >= 0.6 is 0 Å². The number of carbonyl (C=O) groups is 1. The van der Waals surface area contributed by atoms with Gasteiger partial charge in [0.25, 0.3) is 5.91 Å². The lowest BCUT2D eigenvalue weighted by Gasteiger charge is -2.43. The molecule has 1 aromatic rings. The zero-order chi connectivity index (χ0) is 13.9. The van der Waals surface area contributed by atoms with Crippen LogP contribution in [0.1, 0.15) is 36.0 Å². The second-order valence-electron chi connectivity index (χ2n) is 5.48. The number of hydrazine groups is 1. The summed E-state index contributed by atoms with van der Waals surface area (Å²) in [6.07, 6.45) is 4.75. The van der Waals surface area contributed by atoms with E-state index in [4.69, 9.17) is 10.6 Å². The van der Waals surface area contributed by atoms with Crippen molar-refractivity contribution in [2.45, 2.75) is 37.8 Å². The zero-order valence-electron chi connectivity index (χ0n) is 11.5. The minimum atomic E-state index is 0.105. The minimum Gasteiger partial charge on any atom is -0.374 e. The van der Waals surface area contributed by atoms with Crippen molar-refractivity contribution >= 4 is 11.6 Å². The van der Waals surface area contributed by atoms with Gasteiger partial charge in [0, 0.05) is 17.8 Å². The van der Waals surface area contributed by atoms with Gasteiger partial charge in [0.15, 0.2) is 0 Å². The molecule has 0 bridgehead atoms. The Labute approximate surface area is 119 Å². The van der Waals surface area contributed by atoms with Crippen LogP contribution in [0.3, 0.4) is 0 Å². The van der Waals surface area contributed by atoms with Crippen molar-refractivity contribution < 1.29 is 9.53 Å². The number of hydrogen-bond acceptors (Lipinski definition) is 4. The molecule has 1 saturated heterocycles. The number of carbonyl (C=O) groups excluding carboxylic acids is 1. The van der Waals surface area contributed by atoms with Crippen LogP contribution in [0.25, 0.3) is 0 Å². The predicted molar refractivity (Wildman–Crippen MR) is 77.3 cm³/mol. The molecule has 2 unspecified atom stereocenters. The van der Waals surface area contributed by atoms with Gasteiger partial charge < -0.3 is 15.1 Å². The molecule has 0 aromatic heterocycles. The number of amides is 1. The van der Waals surface area contributed by atoms with E-state index in [0.29, 0.717) is 13.2 Å². The third kappa shape index (κ3) is 2.51. The molecule has 1 aromatic carbocycles. The highest BCUT2D eigenvalue weighted by Gasteiger charge is 2.36. The first-order chi connectivity index (χ1) is 9.79. The minimum absolute atomic E-state index is 0.105. The summed E-state index contributed by atoms with van der Waals surface area (Å²) in [5.74, 6) is 5.45. The Kier molecular flexibility index (Phi) is 3.89. The third-order valence-corrected chi connectivity index (χ3v) is 4.29. The van der Waals surface area contributed by atoms with Crippen LogP contribution in [0.2, 0.25) is 0 Å². The van der Waals surface area contributed by atoms with Crippen molar-refractivity contribution in [3.8, 4) is 0 Å². The van der Waals surface area contributed by atoms with E-state index in [0.717, 1.165) is 24.1 Å². The Bertz CT molecular complexity index is 473. The summed E-state index contributed by atoms with van der Waals surface area (Å²) < 4.78 is 5.81. The second kappa shape index (κ2) is 5.81. The lowest BCUT2D eigenvalue weighted by molar-refractivity contribution is -0.0752. The van der Waals surface area contributed by atoms with Crippen LogP contribution in [0, 0.1) is 0 Å². The van der Waals surface area contributed by atoms with Crippen LogP contribution in [0.5, 0.6) is 0 Å². The van der Waals surface area contributed by atoms with Gasteiger partial charge in [-0.1, -0.05) is 12.8 Å². The Morgan fingerprint density at radius 2 is 2.00 bits per heavy atom. The molecule has 0 spiro atoms. The van der Waals surface area contributed by atoms with Crippen molar-refractivity contribution in [3.05, 3.63) is 29.8 Å². The van der Waals surface area contributed by atoms with Gasteiger partial charge in [-0.05, 0) is 37.1 Å². The molecule has 1 saturated carbocycles. The molecule has 5 nitrogen and oxygen atoms in total. The molecular formula is C15H21N3O2. The molecule has 3 N–H and O–H groups in total. The van der Waals surface area contributed by atoms with Gasteiger partial charge in [-0.15, -0.1) is 0 Å². The molecule has 2 aliphatic rings. The first-order valence-electron chi connectivity index (χ1n) is 7.29. The van der Waals surface area contributed by atoms with Crippen molar-refractivity contribution in [1.29, 1.82) is 0 Å². The summed E-state index contributed by atoms with van der Waals surface area (Å²) in [6.45, 7) is 1.34. The Balaban J connectivity index is 1.77. The number of ether oxygens (including phenoxy) is 1. The Morgan fingerprint density at radius 1 is 1.25 bits per heavy atom. The lowest BCUT2D eigenvalue weighted by atomic mass is 9.89. The van der Waals surface area contributed by atoms with Gasteiger partial charge in [0.05, 0.1) is 18.8 Å². The number of rotatable bonds is 2. The van der Waals surface area contributed by atoms with E-state index in [9.17, 15) is 4.79 Å². The highest BCUT2D eigenvalue weighted by atomic mass is 16.5. The molecular weight excluding hydrogens is 254 g/mol. The van der Waals surface area contributed by atoms with Crippen LogP contribution in [0.4, 0.5) is 5.69 Å². The highest BCUT2D eigenvalue weighted by Crippen LogP contribution is 2.29. The number of nitrogens with two attached hydrogens (primary N) is 1. The number of nitrogens with one attached hydrogen (secondary N) is 1. The molecule has 2 fully saturated rings. The zero-order valence-corrected chi connectivity index (χ0v) is 11.5. The van der Waals surface area contributed by atoms with Gasteiger partial charge in [0.2, 0.25) is 0 Å². The van der Waals surface area contributed by atoms with Gasteiger partial charge >= 0.3 is 0 Å². The Morgan fingerprint density at radius 3 is 2.75 bits per heavy atom. The fourth-order valence-corrected chi connectivity index (χ4v) is 3.22. The lowest BCUT2D eigenvalue weighted by Crippen LogP contribution is -2.54. The smallest absolute Gasteiger partial charge is 0.254 e. The molecule has 108 valence electrons. The van der Waals surface area contributed by atoms with E-state index in [-0.39, 0.29) is 18.1 Å². The number of hydrogen-bond donors (Lipinski definition) is 2. The molecule has 5 heteroatoms. The van der Waals surface area contributed by atoms with Crippen LogP contribution in [0.15, 0.2) is 24.3 Å². The van der Waals surface area contributed by atoms with E-state index < -0.39 is 0 Å². The van der Waals surface area contributed by atoms with Gasteiger partial charge in [-0.25, -0.2) is 0 Å². The number of nitrogen functional groups attached to an aromatic ring is 1. The summed E-state index contributed by atoms with van der Waals surface area (Å²) in [5.41, 5.74) is 4.10. The normalized spacial score (nSPS) is 25.9. The Hall–Kier alpha value is -1.59. The number of benzene rings is 1. The summed E-state index contributed by atoms with van der Waals surface area (Å²) >= 11 is 0. The molecule has 1 aliphatic carbocycles.